The second-order valence-corrected chi connectivity index (χ2v) is 7.33. The zero-order valence-electron chi connectivity index (χ0n) is 16.7. The Morgan fingerprint density at radius 1 is 0.968 bits per heavy atom. The molecule has 1 aliphatic heterocycles. The molecule has 6 N–H and O–H groups in total. The fourth-order valence-electron chi connectivity index (χ4n) is 3.34. The first-order valence-corrected chi connectivity index (χ1v) is 9.93. The topological polar surface area (TPSA) is 149 Å². The Balaban J connectivity index is 1.74. The molecule has 7 unspecified atom stereocenters. The molecule has 0 aliphatic carbocycles. The second kappa shape index (κ2) is 10.8. The lowest BCUT2D eigenvalue weighted by Gasteiger charge is -2.40. The van der Waals surface area contributed by atoms with Crippen LogP contribution in [0.5, 0.6) is 0 Å². The molecule has 2 aromatic rings. The van der Waals surface area contributed by atoms with Gasteiger partial charge in [-0.3, -0.25) is 4.79 Å². The molecule has 3 rings (SSSR count). The fourth-order valence-corrected chi connectivity index (χ4v) is 3.34. The third kappa shape index (κ3) is 5.66. The van der Waals surface area contributed by atoms with Crippen LogP contribution in [-0.2, 0) is 9.47 Å². The number of rotatable bonds is 8. The smallest absolute Gasteiger partial charge is 0.251 e. The monoisotopic (exact) mass is 433 g/mol. The van der Waals surface area contributed by atoms with Crippen molar-refractivity contribution in [1.82, 2.24) is 5.32 Å². The van der Waals surface area contributed by atoms with Crippen LogP contribution in [-0.4, -0.2) is 81.4 Å². The Morgan fingerprint density at radius 2 is 1.58 bits per heavy atom. The van der Waals surface area contributed by atoms with Gasteiger partial charge in [0.05, 0.1) is 19.3 Å². The van der Waals surface area contributed by atoms with Crippen molar-refractivity contribution in [2.45, 2.75) is 42.9 Å². The van der Waals surface area contributed by atoms with Gasteiger partial charge in [-0.15, -0.1) is 0 Å². The van der Waals surface area contributed by atoms with Gasteiger partial charge in [-0.1, -0.05) is 48.5 Å². The van der Waals surface area contributed by atoms with Gasteiger partial charge in [-0.2, -0.15) is 0 Å². The molecule has 168 valence electrons. The number of amides is 1. The van der Waals surface area contributed by atoms with E-state index >= 15 is 0 Å². The zero-order valence-corrected chi connectivity index (χ0v) is 16.7. The number of hydrogen-bond donors (Lipinski definition) is 6. The van der Waals surface area contributed by atoms with Crippen LogP contribution in [0, 0.1) is 0 Å². The standard InChI is InChI=1S/C22H27NO8/c24-11-16-18(26)19(27)20(28)22(31-16)30-12-15(17(25)13-7-3-1-4-8-13)23-21(29)14-9-5-2-6-10-14/h1-10,15-20,22,24-28H,11-12H2,(H,23,29). The first-order valence-electron chi connectivity index (χ1n) is 9.93. The number of carbonyl (C=O) groups excluding carboxylic acids is 1. The molecule has 2 aromatic carbocycles. The van der Waals surface area contributed by atoms with Gasteiger partial charge in [0.25, 0.3) is 5.91 Å². The van der Waals surface area contributed by atoms with Crippen LogP contribution in [0.2, 0.25) is 0 Å². The molecular weight excluding hydrogens is 406 g/mol. The molecule has 31 heavy (non-hydrogen) atoms. The molecule has 7 atom stereocenters. The molecule has 9 nitrogen and oxygen atoms in total. The highest BCUT2D eigenvalue weighted by Gasteiger charge is 2.44. The minimum Gasteiger partial charge on any atom is -0.394 e. The lowest BCUT2D eigenvalue weighted by Crippen LogP contribution is -2.59. The summed E-state index contributed by atoms with van der Waals surface area (Å²) in [5.74, 6) is -0.432. The molecule has 0 aromatic heterocycles. The van der Waals surface area contributed by atoms with Gasteiger partial charge < -0.3 is 40.3 Å². The molecule has 1 aliphatic rings. The summed E-state index contributed by atoms with van der Waals surface area (Å²) < 4.78 is 10.9. The van der Waals surface area contributed by atoms with Crippen molar-refractivity contribution < 1.29 is 39.8 Å². The minimum absolute atomic E-state index is 0.280. The predicted octanol–water partition coefficient (Wildman–Crippen LogP) is -0.665. The second-order valence-electron chi connectivity index (χ2n) is 7.33. The van der Waals surface area contributed by atoms with E-state index in [1.165, 1.54) is 0 Å². The highest BCUT2D eigenvalue weighted by Crippen LogP contribution is 2.24. The van der Waals surface area contributed by atoms with Gasteiger partial charge >= 0.3 is 0 Å². The summed E-state index contributed by atoms with van der Waals surface area (Å²) in [6, 6.07) is 16.2. The van der Waals surface area contributed by atoms with Gasteiger partial charge in [0.2, 0.25) is 0 Å². The van der Waals surface area contributed by atoms with Crippen molar-refractivity contribution in [2.75, 3.05) is 13.2 Å². The van der Waals surface area contributed by atoms with Crippen molar-refractivity contribution in [2.24, 2.45) is 0 Å². The van der Waals surface area contributed by atoms with E-state index in [4.69, 9.17) is 9.47 Å². The van der Waals surface area contributed by atoms with Gasteiger partial charge in [-0.25, -0.2) is 0 Å². The third-order valence-electron chi connectivity index (χ3n) is 5.16. The molecule has 0 bridgehead atoms. The fraction of sp³-hybridized carbons (Fsp3) is 0.409. The van der Waals surface area contributed by atoms with Crippen LogP contribution in [0.4, 0.5) is 0 Å². The van der Waals surface area contributed by atoms with Crippen molar-refractivity contribution in [3.8, 4) is 0 Å². The van der Waals surface area contributed by atoms with E-state index in [0.717, 1.165) is 0 Å². The van der Waals surface area contributed by atoms with E-state index in [1.807, 2.05) is 0 Å². The molecule has 1 saturated heterocycles. The normalized spacial score (nSPS) is 28.0. The van der Waals surface area contributed by atoms with Gasteiger partial charge in [0, 0.05) is 5.56 Å². The lowest BCUT2D eigenvalue weighted by atomic mass is 9.99. The number of nitrogens with one attached hydrogen (secondary N) is 1. The van der Waals surface area contributed by atoms with E-state index in [-0.39, 0.29) is 6.61 Å². The zero-order chi connectivity index (χ0) is 22.4. The summed E-state index contributed by atoms with van der Waals surface area (Å²) in [5, 5.41) is 52.8. The van der Waals surface area contributed by atoms with Gasteiger partial charge in [0.15, 0.2) is 6.29 Å². The van der Waals surface area contributed by atoms with Crippen LogP contribution >= 0.6 is 0 Å². The molecule has 0 saturated carbocycles. The number of aliphatic hydroxyl groups is 5. The van der Waals surface area contributed by atoms with E-state index < -0.39 is 55.4 Å². The number of aliphatic hydroxyl groups excluding tert-OH is 5. The van der Waals surface area contributed by atoms with Crippen LogP contribution in [0.15, 0.2) is 60.7 Å². The van der Waals surface area contributed by atoms with Crippen molar-refractivity contribution in [3.05, 3.63) is 71.8 Å². The van der Waals surface area contributed by atoms with Gasteiger partial charge in [0.1, 0.15) is 30.5 Å². The SMILES string of the molecule is O=C(NC(COC1OC(CO)C(O)C(O)C1O)C(O)c1ccccc1)c1ccccc1. The third-order valence-corrected chi connectivity index (χ3v) is 5.16. The first kappa shape index (κ1) is 23.3. The summed E-state index contributed by atoms with van der Waals surface area (Å²) in [6.07, 6.45) is -8.33. The van der Waals surface area contributed by atoms with Crippen LogP contribution in [0.3, 0.4) is 0 Å². The maximum absolute atomic E-state index is 12.6. The quantitative estimate of drug-likeness (QED) is 0.321. The molecule has 1 amide bonds. The van der Waals surface area contributed by atoms with Crippen molar-refractivity contribution >= 4 is 5.91 Å². The van der Waals surface area contributed by atoms with Crippen LogP contribution < -0.4 is 5.32 Å². The van der Waals surface area contributed by atoms with E-state index in [0.29, 0.717) is 11.1 Å². The number of hydrogen-bond acceptors (Lipinski definition) is 8. The van der Waals surface area contributed by atoms with Crippen LogP contribution in [0.25, 0.3) is 0 Å². The molecule has 1 heterocycles. The molecule has 9 heteroatoms. The largest absolute Gasteiger partial charge is 0.394 e. The molecule has 0 spiro atoms. The maximum Gasteiger partial charge on any atom is 0.251 e. The van der Waals surface area contributed by atoms with Crippen molar-refractivity contribution in [3.63, 3.8) is 0 Å². The van der Waals surface area contributed by atoms with E-state index in [9.17, 15) is 30.3 Å². The van der Waals surface area contributed by atoms with E-state index in [2.05, 4.69) is 5.32 Å². The Kier molecular flexibility index (Phi) is 8.10. The highest BCUT2D eigenvalue weighted by molar-refractivity contribution is 5.94. The Bertz CT molecular complexity index is 819. The summed E-state index contributed by atoms with van der Waals surface area (Å²) in [7, 11) is 0. The van der Waals surface area contributed by atoms with Crippen LogP contribution in [0.1, 0.15) is 22.0 Å². The number of carbonyl (C=O) groups is 1. The summed E-state index contributed by atoms with van der Waals surface area (Å²) in [6.45, 7) is -0.872. The Labute approximate surface area is 179 Å². The lowest BCUT2D eigenvalue weighted by molar-refractivity contribution is -0.302. The van der Waals surface area contributed by atoms with Gasteiger partial charge in [-0.05, 0) is 17.7 Å². The molecular formula is C22H27NO8. The van der Waals surface area contributed by atoms with Crippen molar-refractivity contribution in [1.29, 1.82) is 0 Å². The van der Waals surface area contributed by atoms with E-state index in [1.54, 1.807) is 60.7 Å². The average Bonchev–Trinajstić information content (AvgIpc) is 2.81. The number of benzene rings is 2. The predicted molar refractivity (Wildman–Crippen MR) is 109 cm³/mol. The minimum atomic E-state index is -1.59. The molecule has 1 fully saturated rings. The number of ether oxygens (including phenoxy) is 2. The summed E-state index contributed by atoms with van der Waals surface area (Å²) in [4.78, 5) is 12.6. The maximum atomic E-state index is 12.6. The summed E-state index contributed by atoms with van der Waals surface area (Å²) in [5.41, 5.74) is 0.930. The average molecular weight is 433 g/mol. The summed E-state index contributed by atoms with van der Waals surface area (Å²) >= 11 is 0. The highest BCUT2D eigenvalue weighted by atomic mass is 16.7. The Morgan fingerprint density at radius 3 is 2.19 bits per heavy atom. The first-order chi connectivity index (χ1) is 14.9. The molecule has 0 radical (unpaired) electrons. The Hall–Kier alpha value is -2.37.